The summed E-state index contributed by atoms with van der Waals surface area (Å²) in [5.74, 6) is 0.119. The maximum Gasteiger partial charge on any atom is 0.246 e. The van der Waals surface area contributed by atoms with Gasteiger partial charge in [0.15, 0.2) is 0 Å². The van der Waals surface area contributed by atoms with Gasteiger partial charge >= 0.3 is 0 Å². The Bertz CT molecular complexity index is 489. The lowest BCUT2D eigenvalue weighted by atomic mass is 9.96. The Morgan fingerprint density at radius 2 is 2.32 bits per heavy atom. The van der Waals surface area contributed by atoms with Crippen LogP contribution in [0.25, 0.3) is 0 Å². The molecule has 0 bridgehead atoms. The highest BCUT2D eigenvalue weighted by Gasteiger charge is 2.35. The number of carbonyl (C=O) groups excluding carboxylic acids is 2. The monoisotopic (exact) mass is 344 g/mol. The molecular weight excluding hydrogens is 328 g/mol. The van der Waals surface area contributed by atoms with E-state index in [1.165, 1.54) is 0 Å². The first-order chi connectivity index (χ1) is 9.01. The van der Waals surface area contributed by atoms with Gasteiger partial charge in [0.25, 0.3) is 0 Å². The highest BCUT2D eigenvalue weighted by Crippen LogP contribution is 2.23. The Labute approximate surface area is 125 Å². The van der Waals surface area contributed by atoms with E-state index < -0.39 is 0 Å². The highest BCUT2D eigenvalue weighted by atomic mass is 79.9. The van der Waals surface area contributed by atoms with Crippen molar-refractivity contribution in [3.8, 4) is 0 Å². The smallest absolute Gasteiger partial charge is 0.246 e. The van der Waals surface area contributed by atoms with Crippen molar-refractivity contribution >= 4 is 39.1 Å². The molecule has 104 valence electrons. The lowest BCUT2D eigenvalue weighted by Gasteiger charge is -2.34. The second-order valence-corrected chi connectivity index (χ2v) is 6.77. The number of rotatable bonds is 4. The van der Waals surface area contributed by atoms with Crippen molar-refractivity contribution in [1.82, 2.24) is 10.2 Å². The third-order valence-electron chi connectivity index (χ3n) is 3.41. The quantitative estimate of drug-likeness (QED) is 0.911. The fraction of sp³-hybridized carbons (Fsp3) is 0.538. The van der Waals surface area contributed by atoms with E-state index in [4.69, 9.17) is 0 Å². The van der Waals surface area contributed by atoms with Crippen LogP contribution in [-0.2, 0) is 16.1 Å². The minimum Gasteiger partial charge on any atom is -0.342 e. The molecule has 4 nitrogen and oxygen atoms in total. The van der Waals surface area contributed by atoms with Gasteiger partial charge in [-0.3, -0.25) is 9.59 Å². The summed E-state index contributed by atoms with van der Waals surface area (Å²) in [6.07, 6.45) is 0.870. The Kier molecular flexibility index (Phi) is 4.62. The molecule has 1 aromatic heterocycles. The van der Waals surface area contributed by atoms with Gasteiger partial charge in [-0.15, -0.1) is 11.3 Å². The van der Waals surface area contributed by atoms with Crippen LogP contribution in [0.2, 0.25) is 0 Å². The third-order valence-corrected chi connectivity index (χ3v) is 5.09. The molecule has 0 saturated carbocycles. The van der Waals surface area contributed by atoms with Crippen LogP contribution >= 0.6 is 27.3 Å². The zero-order chi connectivity index (χ0) is 14.0. The molecule has 0 radical (unpaired) electrons. The van der Waals surface area contributed by atoms with Crippen LogP contribution < -0.4 is 5.32 Å². The maximum absolute atomic E-state index is 12.4. The molecule has 1 aliphatic heterocycles. The Morgan fingerprint density at radius 1 is 1.58 bits per heavy atom. The first kappa shape index (κ1) is 14.5. The minimum atomic E-state index is -0.380. The molecule has 1 aliphatic rings. The normalized spacial score (nSPS) is 21.4. The average Bonchev–Trinajstić information content (AvgIpc) is 2.78. The van der Waals surface area contributed by atoms with Crippen molar-refractivity contribution in [3.63, 3.8) is 0 Å². The van der Waals surface area contributed by atoms with Gasteiger partial charge < -0.3 is 10.2 Å². The molecule has 2 rings (SSSR count). The average molecular weight is 345 g/mol. The lowest BCUT2D eigenvalue weighted by molar-refractivity contribution is -0.146. The molecule has 1 fully saturated rings. The van der Waals surface area contributed by atoms with Crippen molar-refractivity contribution in [2.24, 2.45) is 5.92 Å². The first-order valence-electron chi connectivity index (χ1n) is 6.32. The van der Waals surface area contributed by atoms with E-state index in [1.807, 2.05) is 25.3 Å². The molecule has 2 heterocycles. The van der Waals surface area contributed by atoms with Crippen LogP contribution in [0.15, 0.2) is 15.9 Å². The largest absolute Gasteiger partial charge is 0.342 e. The van der Waals surface area contributed by atoms with E-state index in [9.17, 15) is 9.59 Å². The SMILES string of the molecule is CCC(C)C1NC(=O)CN(Cc2cc(Br)cs2)C1=O. The maximum atomic E-state index is 12.4. The molecule has 2 unspecified atom stereocenters. The standard InChI is InChI=1S/C13H17BrN2O2S/c1-3-8(2)12-13(18)16(6-11(17)15-12)5-10-4-9(14)7-19-10/h4,7-8,12H,3,5-6H2,1-2H3,(H,15,17). The van der Waals surface area contributed by atoms with Gasteiger partial charge in [0.05, 0.1) is 13.1 Å². The predicted molar refractivity (Wildman–Crippen MR) is 78.8 cm³/mol. The summed E-state index contributed by atoms with van der Waals surface area (Å²) in [7, 11) is 0. The minimum absolute atomic E-state index is 0.0264. The van der Waals surface area contributed by atoms with Crippen LogP contribution in [0.4, 0.5) is 0 Å². The van der Waals surface area contributed by atoms with E-state index in [0.29, 0.717) is 6.54 Å². The van der Waals surface area contributed by atoms with E-state index in [2.05, 4.69) is 21.2 Å². The van der Waals surface area contributed by atoms with E-state index in [1.54, 1.807) is 16.2 Å². The van der Waals surface area contributed by atoms with Gasteiger partial charge in [-0.05, 0) is 27.9 Å². The molecule has 0 aliphatic carbocycles. The van der Waals surface area contributed by atoms with Gasteiger partial charge in [0, 0.05) is 14.7 Å². The van der Waals surface area contributed by atoms with Crippen LogP contribution in [0.1, 0.15) is 25.1 Å². The van der Waals surface area contributed by atoms with E-state index in [-0.39, 0.29) is 30.3 Å². The summed E-state index contributed by atoms with van der Waals surface area (Å²) >= 11 is 4.99. The molecule has 1 N–H and O–H groups in total. The lowest BCUT2D eigenvalue weighted by Crippen LogP contribution is -2.59. The Hall–Kier alpha value is -0.880. The summed E-state index contributed by atoms with van der Waals surface area (Å²) in [6, 6.07) is 1.61. The topological polar surface area (TPSA) is 49.4 Å². The second-order valence-electron chi connectivity index (χ2n) is 4.86. The van der Waals surface area contributed by atoms with Gasteiger partial charge in [0.2, 0.25) is 11.8 Å². The summed E-state index contributed by atoms with van der Waals surface area (Å²) in [5, 5.41) is 4.78. The van der Waals surface area contributed by atoms with E-state index >= 15 is 0 Å². The predicted octanol–water partition coefficient (Wildman–Crippen LogP) is 2.38. The number of halogens is 1. The number of hydrogen-bond donors (Lipinski definition) is 1. The van der Waals surface area contributed by atoms with E-state index in [0.717, 1.165) is 15.8 Å². The fourth-order valence-corrected chi connectivity index (χ4v) is 3.57. The molecule has 0 spiro atoms. The third kappa shape index (κ3) is 3.36. The molecule has 2 atom stereocenters. The Morgan fingerprint density at radius 3 is 2.89 bits per heavy atom. The number of nitrogens with zero attached hydrogens (tertiary/aromatic N) is 1. The number of carbonyl (C=O) groups is 2. The summed E-state index contributed by atoms with van der Waals surface area (Å²) in [6.45, 7) is 4.68. The second kappa shape index (κ2) is 6.05. The van der Waals surface area contributed by atoms with Crippen molar-refractivity contribution in [2.75, 3.05) is 6.54 Å². The van der Waals surface area contributed by atoms with Gasteiger partial charge in [-0.2, -0.15) is 0 Å². The zero-order valence-electron chi connectivity index (χ0n) is 11.0. The molecule has 1 aromatic rings. The number of piperazine rings is 1. The Balaban J connectivity index is 2.11. The molecule has 2 amide bonds. The number of amides is 2. The number of nitrogens with one attached hydrogen (secondary N) is 1. The van der Waals surface area contributed by atoms with Crippen LogP contribution in [0, 0.1) is 5.92 Å². The van der Waals surface area contributed by atoms with Crippen molar-refractivity contribution in [2.45, 2.75) is 32.9 Å². The summed E-state index contributed by atoms with van der Waals surface area (Å²) in [5.41, 5.74) is 0. The first-order valence-corrected chi connectivity index (χ1v) is 7.99. The van der Waals surface area contributed by atoms with Gasteiger partial charge in [0.1, 0.15) is 6.04 Å². The van der Waals surface area contributed by atoms with Crippen LogP contribution in [0.5, 0.6) is 0 Å². The molecule has 19 heavy (non-hydrogen) atoms. The number of thiophene rings is 1. The number of hydrogen-bond acceptors (Lipinski definition) is 3. The fourth-order valence-electron chi connectivity index (χ4n) is 2.11. The summed E-state index contributed by atoms with van der Waals surface area (Å²) < 4.78 is 1.01. The van der Waals surface area contributed by atoms with Gasteiger partial charge in [-0.25, -0.2) is 0 Å². The van der Waals surface area contributed by atoms with Crippen molar-refractivity contribution in [1.29, 1.82) is 0 Å². The summed E-state index contributed by atoms with van der Waals surface area (Å²) in [4.78, 5) is 26.8. The zero-order valence-corrected chi connectivity index (χ0v) is 13.4. The van der Waals surface area contributed by atoms with Crippen molar-refractivity contribution < 1.29 is 9.59 Å². The highest BCUT2D eigenvalue weighted by molar-refractivity contribution is 9.10. The van der Waals surface area contributed by atoms with Crippen molar-refractivity contribution in [3.05, 3.63) is 20.8 Å². The molecule has 6 heteroatoms. The van der Waals surface area contributed by atoms with Gasteiger partial charge in [-0.1, -0.05) is 20.3 Å². The van der Waals surface area contributed by atoms with Crippen LogP contribution in [-0.4, -0.2) is 29.3 Å². The molecular formula is C13H17BrN2O2S. The molecule has 0 aromatic carbocycles. The van der Waals surface area contributed by atoms with Crippen LogP contribution in [0.3, 0.4) is 0 Å². The molecule has 1 saturated heterocycles.